The van der Waals surface area contributed by atoms with Crippen LogP contribution in [0.1, 0.15) is 208 Å². The number of nitrogens with two attached hydrogens (primary N) is 1. The van der Waals surface area contributed by atoms with Gasteiger partial charge in [-0.25, -0.2) is 9.59 Å². The standard InChI is InChI=1S/C26H34N4O4.C21H26N4O2.C19H27N3O3.C7H11NO3/c1-25(2,3)33-24(32)30(20-15-19(20)17-8-6-5-7-9-17)16-26(11-12-26)23-27-22(34-28-23)18-10-13-29(4)21(31)14-18;1-25-10-7-15(11-18(25)26)19-23-20(24-27-19)21(8-9-21)13-22-17-12-16(17)14-5-3-2-4-6-14;1-18(2,3)25-17(23)22(12-19(9-10-19)16(20)21-24)15-11-14(15)13-7-5-4-6-8-13;1-8-3-2-5(7(10)11)4-6(8)9/h5-9,18-20H,10-16H2,1-4H3;2-6,15-17,22H,7-13H2,1H3;4-8,14-15,24H,9-12H2,1-3H3,(H2,20,21);5H,2-4H2,1H3,(H,10,11)/t18?,19-,20?;15?,16-,17?;14-,15?;/m111./s1. The zero-order valence-corrected chi connectivity index (χ0v) is 57.7. The van der Waals surface area contributed by atoms with Crippen LogP contribution in [0.3, 0.4) is 0 Å². The fourth-order valence-electron chi connectivity index (χ4n) is 13.6. The van der Waals surface area contributed by atoms with Crippen molar-refractivity contribution in [1.82, 2.24) is 50.1 Å². The molecule has 24 heteroatoms. The topological polar surface area (TPSA) is 306 Å². The van der Waals surface area contributed by atoms with E-state index in [1.54, 1.807) is 26.6 Å². The molecule has 0 bridgehead atoms. The van der Waals surface area contributed by atoms with Gasteiger partial charge in [0.25, 0.3) is 0 Å². The van der Waals surface area contributed by atoms with Crippen molar-refractivity contribution in [3.05, 3.63) is 131 Å². The SMILES string of the molecule is CC(C)(C)OC(=O)N(CC1(C(N)=NO)CC1)C1C[C@@H]1c1ccccc1.CN1CCC(C(=O)O)CC1=O.CN1CCC(c2nc(C3(CN(C(=O)OC(C)(C)C)C4C[C@@H]4c4ccccc4)CC3)no2)CC1=O.CN1CCC(c2nc(C3(CNC4C[C@@H]4c4ccccc4)CC3)no2)CC1=O. The minimum absolute atomic E-state index is 0.0288. The Hall–Kier alpha value is -8.41. The molecule has 3 saturated heterocycles. The third-order valence-corrected chi connectivity index (χ3v) is 20.8. The summed E-state index contributed by atoms with van der Waals surface area (Å²) < 4.78 is 22.6. The van der Waals surface area contributed by atoms with Gasteiger partial charge in [0.1, 0.15) is 17.0 Å². The number of carbonyl (C=O) groups excluding carboxylic acids is 5. The summed E-state index contributed by atoms with van der Waals surface area (Å²) in [7, 11) is 5.37. The van der Waals surface area contributed by atoms with Gasteiger partial charge in [-0.3, -0.25) is 19.2 Å². The molecular weight excluding hydrogens is 1240 g/mol. The van der Waals surface area contributed by atoms with Crippen LogP contribution in [0.2, 0.25) is 0 Å². The van der Waals surface area contributed by atoms with E-state index in [1.807, 2.05) is 96.9 Å². The van der Waals surface area contributed by atoms with Crippen LogP contribution in [-0.2, 0) is 39.5 Å². The first-order chi connectivity index (χ1) is 46.2. The number of nitrogens with one attached hydrogen (secondary N) is 1. The molecular formula is C73H98N12O12. The number of carboxylic acids is 1. The third-order valence-electron chi connectivity index (χ3n) is 20.8. The van der Waals surface area contributed by atoms with Crippen LogP contribution in [0.25, 0.3) is 0 Å². The van der Waals surface area contributed by atoms with Crippen molar-refractivity contribution in [2.24, 2.45) is 22.2 Å². The molecule has 3 aromatic carbocycles. The van der Waals surface area contributed by atoms with Crippen molar-refractivity contribution in [2.45, 2.75) is 208 Å². The largest absolute Gasteiger partial charge is 0.481 e. The normalized spacial score (nSPS) is 26.3. The van der Waals surface area contributed by atoms with E-state index in [9.17, 15) is 28.8 Å². The van der Waals surface area contributed by atoms with E-state index >= 15 is 0 Å². The summed E-state index contributed by atoms with van der Waals surface area (Å²) in [6.45, 7) is 15.2. The van der Waals surface area contributed by atoms with Crippen LogP contribution in [0, 0.1) is 11.3 Å². The Morgan fingerprint density at radius 1 is 0.598 bits per heavy atom. The van der Waals surface area contributed by atoms with Crippen molar-refractivity contribution in [1.29, 1.82) is 0 Å². The zero-order valence-electron chi connectivity index (χ0n) is 57.7. The molecule has 5 heterocycles. The molecule has 24 nitrogen and oxygen atoms in total. The Labute approximate surface area is 568 Å². The molecule has 97 heavy (non-hydrogen) atoms. The summed E-state index contributed by atoms with van der Waals surface area (Å²) in [6, 6.07) is 32.0. The van der Waals surface area contributed by atoms with Crippen LogP contribution in [0.4, 0.5) is 9.59 Å². The van der Waals surface area contributed by atoms with Crippen molar-refractivity contribution >= 4 is 41.7 Å². The van der Waals surface area contributed by atoms with Crippen molar-refractivity contribution in [3.8, 4) is 0 Å². The number of likely N-dealkylation sites (tertiary alicyclic amines) is 3. The van der Waals surface area contributed by atoms with Gasteiger partial charge in [0.2, 0.25) is 29.5 Å². The first-order valence-corrected chi connectivity index (χ1v) is 34.6. The first kappa shape index (κ1) is 69.9. The molecule has 9 aliphatic rings. The molecule has 5 aromatic rings. The van der Waals surface area contributed by atoms with Gasteiger partial charge in [0.05, 0.1) is 11.3 Å². The Balaban J connectivity index is 0.000000138. The lowest BCUT2D eigenvalue weighted by atomic mass is 9.96. The van der Waals surface area contributed by atoms with Gasteiger partial charge in [-0.15, -0.1) is 0 Å². The number of carboxylic acid groups (broad SMARTS) is 1. The number of carbonyl (C=O) groups is 6. The zero-order chi connectivity index (χ0) is 69.2. The van der Waals surface area contributed by atoms with Gasteiger partial charge in [0.15, 0.2) is 11.6 Å². The maximum absolute atomic E-state index is 13.3. The maximum Gasteiger partial charge on any atom is 0.410 e. The minimum atomic E-state index is -0.855. The lowest BCUT2D eigenvalue weighted by molar-refractivity contribution is -0.148. The number of amides is 5. The number of hydrogen-bond acceptors (Lipinski definition) is 17. The monoisotopic (exact) mass is 1330 g/mol. The summed E-state index contributed by atoms with van der Waals surface area (Å²) in [5.74, 6) is 3.06. The van der Waals surface area contributed by atoms with Crippen molar-refractivity contribution in [2.75, 3.05) is 60.4 Å². The molecule has 0 spiro atoms. The number of piperidine rings is 3. The van der Waals surface area contributed by atoms with E-state index in [4.69, 9.17) is 44.5 Å². The molecule has 6 saturated carbocycles. The van der Waals surface area contributed by atoms with Gasteiger partial charge >= 0.3 is 18.2 Å². The second-order valence-corrected chi connectivity index (χ2v) is 30.7. The maximum atomic E-state index is 13.3. The number of rotatable bonds is 18. The molecule has 0 radical (unpaired) electrons. The van der Waals surface area contributed by atoms with Gasteiger partial charge in [-0.05, 0) is 135 Å². The Bertz CT molecular complexity index is 3610. The molecule has 9 fully saturated rings. The average molecular weight is 1340 g/mol. The molecule has 6 unspecified atom stereocenters. The quantitative estimate of drug-likeness (QED) is 0.0274. The average Bonchev–Trinajstić information content (AvgIpc) is 1.60. The minimum Gasteiger partial charge on any atom is -0.481 e. The van der Waals surface area contributed by atoms with Crippen LogP contribution in [-0.4, -0.2) is 187 Å². The summed E-state index contributed by atoms with van der Waals surface area (Å²) >= 11 is 0. The molecule has 5 N–H and O–H groups in total. The lowest BCUT2D eigenvalue weighted by Gasteiger charge is -2.30. The third kappa shape index (κ3) is 17.5. The summed E-state index contributed by atoms with van der Waals surface area (Å²) in [5, 5.41) is 33.2. The van der Waals surface area contributed by atoms with Crippen LogP contribution < -0.4 is 11.1 Å². The molecule has 522 valence electrons. The number of oxime groups is 1. The fraction of sp³-hybridized carbons (Fsp3) is 0.603. The molecule has 14 rings (SSSR count). The first-order valence-electron chi connectivity index (χ1n) is 34.6. The fourth-order valence-corrected chi connectivity index (χ4v) is 13.6. The number of nitrogens with zero attached hydrogens (tertiary/aromatic N) is 10. The van der Waals surface area contributed by atoms with E-state index < -0.39 is 28.5 Å². The number of ether oxygens (including phenoxy) is 2. The summed E-state index contributed by atoms with van der Waals surface area (Å²) in [4.78, 5) is 89.8. The van der Waals surface area contributed by atoms with Gasteiger partial charge in [0, 0.05) is 138 Å². The predicted octanol–water partition coefficient (Wildman–Crippen LogP) is 10.1. The second kappa shape index (κ2) is 28.6. The summed E-state index contributed by atoms with van der Waals surface area (Å²) in [6.07, 6.45) is 11.4. The number of aliphatic carboxylic acids is 1. The molecule has 3 aliphatic heterocycles. The molecule has 9 atom stereocenters. The van der Waals surface area contributed by atoms with E-state index in [0.29, 0.717) is 86.8 Å². The molecule has 6 aliphatic carbocycles. The summed E-state index contributed by atoms with van der Waals surface area (Å²) in [5.41, 5.74) is 7.97. The van der Waals surface area contributed by atoms with Crippen molar-refractivity contribution in [3.63, 3.8) is 0 Å². The van der Waals surface area contributed by atoms with E-state index in [0.717, 1.165) is 83.1 Å². The highest BCUT2D eigenvalue weighted by Crippen LogP contribution is 2.54. The second-order valence-electron chi connectivity index (χ2n) is 30.7. The Kier molecular flexibility index (Phi) is 20.6. The number of benzene rings is 3. The Morgan fingerprint density at radius 3 is 1.40 bits per heavy atom. The van der Waals surface area contributed by atoms with Crippen LogP contribution in [0.15, 0.2) is 105 Å². The molecule has 2 aromatic heterocycles. The van der Waals surface area contributed by atoms with E-state index in [2.05, 4.69) is 75.4 Å². The van der Waals surface area contributed by atoms with Crippen LogP contribution >= 0.6 is 0 Å². The highest BCUT2D eigenvalue weighted by atomic mass is 16.6. The number of hydrogen-bond donors (Lipinski definition) is 4. The van der Waals surface area contributed by atoms with E-state index in [1.165, 1.54) is 23.1 Å². The highest BCUT2D eigenvalue weighted by Gasteiger charge is 2.57. The van der Waals surface area contributed by atoms with Crippen LogP contribution in [0.5, 0.6) is 0 Å². The van der Waals surface area contributed by atoms with Crippen molar-refractivity contribution < 1.29 is 57.6 Å². The van der Waals surface area contributed by atoms with Gasteiger partial charge in [-0.2, -0.15) is 9.97 Å². The number of amidine groups is 1. The van der Waals surface area contributed by atoms with E-state index in [-0.39, 0.29) is 76.9 Å². The van der Waals surface area contributed by atoms with Gasteiger partial charge < -0.3 is 64.4 Å². The lowest BCUT2D eigenvalue weighted by Crippen LogP contribution is -2.45. The predicted molar refractivity (Wildman–Crippen MR) is 359 cm³/mol. The smallest absolute Gasteiger partial charge is 0.410 e. The highest BCUT2D eigenvalue weighted by molar-refractivity contribution is 5.89. The van der Waals surface area contributed by atoms with Gasteiger partial charge in [-0.1, -0.05) is 106 Å². The Morgan fingerprint density at radius 2 is 1.01 bits per heavy atom. The number of aromatic nitrogens is 4. The molecule has 5 amide bonds.